The van der Waals surface area contributed by atoms with E-state index in [1.54, 1.807) is 6.92 Å². The molecule has 5 nitrogen and oxygen atoms in total. The summed E-state index contributed by atoms with van der Waals surface area (Å²) >= 11 is 0. The summed E-state index contributed by atoms with van der Waals surface area (Å²) in [4.78, 5) is 23.0. The van der Waals surface area contributed by atoms with Crippen molar-refractivity contribution in [1.29, 1.82) is 0 Å². The van der Waals surface area contributed by atoms with E-state index in [0.29, 0.717) is 11.8 Å². The van der Waals surface area contributed by atoms with Gasteiger partial charge in [-0.05, 0) is 56.3 Å². The average molecular weight is 443 g/mol. The van der Waals surface area contributed by atoms with Crippen LogP contribution in [0.5, 0.6) is 0 Å². The van der Waals surface area contributed by atoms with E-state index in [2.05, 4.69) is 46.3 Å². The van der Waals surface area contributed by atoms with Crippen molar-refractivity contribution in [3.05, 3.63) is 0 Å². The van der Waals surface area contributed by atoms with E-state index < -0.39 is 12.1 Å². The summed E-state index contributed by atoms with van der Waals surface area (Å²) in [7, 11) is 0. The first-order valence-electron chi connectivity index (χ1n) is 12.6. The molecule has 0 aliphatic heterocycles. The van der Waals surface area contributed by atoms with Gasteiger partial charge in [0.15, 0.2) is 0 Å². The second kappa shape index (κ2) is 17.3. The van der Waals surface area contributed by atoms with Gasteiger partial charge in [0.1, 0.15) is 12.7 Å². The van der Waals surface area contributed by atoms with Gasteiger partial charge >= 0.3 is 12.1 Å². The maximum atomic E-state index is 12.5. The zero-order valence-corrected chi connectivity index (χ0v) is 21.3. The van der Waals surface area contributed by atoms with Gasteiger partial charge in [0, 0.05) is 0 Å². The zero-order valence-electron chi connectivity index (χ0n) is 21.3. The Morgan fingerprint density at radius 1 is 0.677 bits per heavy atom. The maximum Gasteiger partial charge on any atom is 0.505 e. The van der Waals surface area contributed by atoms with Crippen molar-refractivity contribution in [2.24, 2.45) is 29.6 Å². The van der Waals surface area contributed by atoms with Crippen molar-refractivity contribution in [3.8, 4) is 0 Å². The van der Waals surface area contributed by atoms with E-state index >= 15 is 0 Å². The molecule has 0 saturated heterocycles. The number of hydrogen-bond donors (Lipinski definition) is 1. The number of carboxylic acid groups (broad SMARTS) is 1. The first-order valence-corrected chi connectivity index (χ1v) is 12.6. The van der Waals surface area contributed by atoms with E-state index in [9.17, 15) is 9.59 Å². The van der Waals surface area contributed by atoms with E-state index in [4.69, 9.17) is 9.84 Å². The van der Waals surface area contributed by atoms with Crippen molar-refractivity contribution < 1.29 is 24.2 Å². The summed E-state index contributed by atoms with van der Waals surface area (Å²) in [6.07, 6.45) is 9.85. The Hall–Kier alpha value is -1.26. The minimum atomic E-state index is -1.36. The number of carbonyl (C=O) groups is 2. The summed E-state index contributed by atoms with van der Waals surface area (Å²) in [5, 5.41) is 8.65. The van der Waals surface area contributed by atoms with Crippen LogP contribution in [0.3, 0.4) is 0 Å². The minimum absolute atomic E-state index is 0.0973. The number of esters is 1. The summed E-state index contributed by atoms with van der Waals surface area (Å²) < 4.78 is 10.4. The molecule has 0 fully saturated rings. The fraction of sp³-hybridized carbons (Fsp3) is 0.923. The number of rotatable bonds is 18. The number of carbonyl (C=O) groups excluding carboxylic acids is 1. The Labute approximate surface area is 191 Å². The smallest absolute Gasteiger partial charge is 0.462 e. The van der Waals surface area contributed by atoms with Gasteiger partial charge in [0.05, 0.1) is 5.92 Å². The second-order valence-electron chi connectivity index (χ2n) is 10.6. The van der Waals surface area contributed by atoms with Crippen LogP contribution in [0, 0.1) is 29.6 Å². The Bertz CT molecular complexity index is 450. The van der Waals surface area contributed by atoms with Crippen molar-refractivity contribution in [2.45, 2.75) is 119 Å². The molecule has 0 aliphatic rings. The van der Waals surface area contributed by atoms with E-state index in [1.807, 2.05) is 0 Å². The predicted molar refractivity (Wildman–Crippen MR) is 127 cm³/mol. The number of ether oxygens (including phenoxy) is 2. The lowest BCUT2D eigenvalue weighted by atomic mass is 9.91. The number of hydrogen-bond acceptors (Lipinski definition) is 4. The highest BCUT2D eigenvalue weighted by Gasteiger charge is 2.22. The molecule has 0 aliphatic carbocycles. The van der Waals surface area contributed by atoms with Crippen molar-refractivity contribution >= 4 is 12.1 Å². The van der Waals surface area contributed by atoms with Crippen molar-refractivity contribution in [3.63, 3.8) is 0 Å². The topological polar surface area (TPSA) is 72.8 Å². The fourth-order valence-electron chi connectivity index (χ4n) is 3.79. The molecule has 184 valence electrons. The molecule has 3 atom stereocenters. The Balaban J connectivity index is 4.61. The lowest BCUT2D eigenvalue weighted by Gasteiger charge is -2.23. The van der Waals surface area contributed by atoms with Crippen LogP contribution in [-0.4, -0.2) is 29.9 Å². The quantitative estimate of drug-likeness (QED) is 0.220. The Morgan fingerprint density at radius 2 is 1.13 bits per heavy atom. The van der Waals surface area contributed by atoms with Gasteiger partial charge in [-0.3, -0.25) is 4.79 Å². The lowest BCUT2D eigenvalue weighted by molar-refractivity contribution is -0.155. The zero-order chi connectivity index (χ0) is 23.8. The molecule has 0 spiro atoms. The third-order valence-electron chi connectivity index (χ3n) is 6.06. The Kier molecular flexibility index (Phi) is 16.6. The van der Waals surface area contributed by atoms with Crippen LogP contribution < -0.4 is 0 Å². The molecular weight excluding hydrogens is 392 g/mol. The van der Waals surface area contributed by atoms with Crippen LogP contribution in [0.4, 0.5) is 4.79 Å². The van der Waals surface area contributed by atoms with Crippen LogP contribution in [0.25, 0.3) is 0 Å². The third-order valence-corrected chi connectivity index (χ3v) is 6.06. The van der Waals surface area contributed by atoms with Crippen LogP contribution in [-0.2, 0) is 14.3 Å². The van der Waals surface area contributed by atoms with Crippen molar-refractivity contribution in [2.75, 3.05) is 6.61 Å². The van der Waals surface area contributed by atoms with Gasteiger partial charge in [-0.25, -0.2) is 4.79 Å². The average Bonchev–Trinajstić information content (AvgIpc) is 2.67. The standard InChI is InChI=1S/C26H50O5/c1-19(2)10-8-12-21(5)14-16-24(17-15-22(6)13-9-11-20(3)4)31-25(27)23(7)18-30-26(28)29/h19-24H,8-18H2,1-7H3,(H,28,29). The Morgan fingerprint density at radius 3 is 1.52 bits per heavy atom. The predicted octanol–water partition coefficient (Wildman–Crippen LogP) is 7.71. The highest BCUT2D eigenvalue weighted by Crippen LogP contribution is 2.24. The molecule has 0 aromatic heterocycles. The van der Waals surface area contributed by atoms with Gasteiger partial charge in [0.25, 0.3) is 0 Å². The highest BCUT2D eigenvalue weighted by atomic mass is 16.7. The van der Waals surface area contributed by atoms with Crippen LogP contribution in [0.15, 0.2) is 0 Å². The molecule has 0 radical (unpaired) electrons. The lowest BCUT2D eigenvalue weighted by Crippen LogP contribution is -2.27. The van der Waals surface area contributed by atoms with E-state index in [0.717, 1.165) is 37.5 Å². The molecule has 0 rings (SSSR count). The van der Waals surface area contributed by atoms with E-state index in [1.165, 1.54) is 38.5 Å². The van der Waals surface area contributed by atoms with Crippen molar-refractivity contribution in [1.82, 2.24) is 0 Å². The highest BCUT2D eigenvalue weighted by molar-refractivity contribution is 5.72. The first kappa shape index (κ1) is 29.7. The molecular formula is C26H50O5. The molecule has 1 N–H and O–H groups in total. The first-order chi connectivity index (χ1) is 14.5. The van der Waals surface area contributed by atoms with Gasteiger partial charge in [-0.1, -0.05) is 80.1 Å². The summed E-state index contributed by atoms with van der Waals surface area (Å²) in [6.45, 7) is 15.1. The molecule has 0 bridgehead atoms. The molecule has 0 heterocycles. The largest absolute Gasteiger partial charge is 0.505 e. The van der Waals surface area contributed by atoms with E-state index in [-0.39, 0.29) is 18.7 Å². The van der Waals surface area contributed by atoms with Crippen LogP contribution in [0.1, 0.15) is 113 Å². The molecule has 0 aromatic rings. The van der Waals surface area contributed by atoms with Gasteiger partial charge in [0.2, 0.25) is 0 Å². The van der Waals surface area contributed by atoms with Crippen LogP contribution >= 0.6 is 0 Å². The van der Waals surface area contributed by atoms with Gasteiger partial charge in [-0.15, -0.1) is 0 Å². The van der Waals surface area contributed by atoms with Gasteiger partial charge in [-0.2, -0.15) is 0 Å². The molecule has 3 unspecified atom stereocenters. The monoisotopic (exact) mass is 442 g/mol. The minimum Gasteiger partial charge on any atom is -0.462 e. The molecule has 0 amide bonds. The summed E-state index contributed by atoms with van der Waals surface area (Å²) in [5.74, 6) is 1.80. The SMILES string of the molecule is CC(C)CCCC(C)CCC(CCC(C)CCCC(C)C)OC(=O)C(C)COC(=O)O. The van der Waals surface area contributed by atoms with Crippen LogP contribution in [0.2, 0.25) is 0 Å². The van der Waals surface area contributed by atoms with Gasteiger partial charge < -0.3 is 14.6 Å². The normalized spacial score (nSPS) is 15.5. The molecule has 0 aromatic carbocycles. The second-order valence-corrected chi connectivity index (χ2v) is 10.6. The third kappa shape index (κ3) is 18.1. The summed E-state index contributed by atoms with van der Waals surface area (Å²) in [5.41, 5.74) is 0. The molecule has 0 saturated carbocycles. The fourth-order valence-corrected chi connectivity index (χ4v) is 3.79. The maximum absolute atomic E-state index is 12.5. The molecule has 31 heavy (non-hydrogen) atoms. The molecule has 5 heteroatoms. The summed E-state index contributed by atoms with van der Waals surface area (Å²) in [6, 6.07) is 0.